The second-order valence-electron chi connectivity index (χ2n) is 4.14. The van der Waals surface area contributed by atoms with E-state index >= 15 is 0 Å². The predicted octanol–water partition coefficient (Wildman–Crippen LogP) is 2.31. The lowest BCUT2D eigenvalue weighted by Gasteiger charge is -2.20. The van der Waals surface area contributed by atoms with Crippen molar-refractivity contribution in [3.05, 3.63) is 29.3 Å². The summed E-state index contributed by atoms with van der Waals surface area (Å²) in [6, 6.07) is 6.63. The molecule has 0 amide bonds. The summed E-state index contributed by atoms with van der Waals surface area (Å²) in [5.41, 5.74) is 2.87. The van der Waals surface area contributed by atoms with E-state index in [0.29, 0.717) is 0 Å². The first-order chi connectivity index (χ1) is 6.79. The highest BCUT2D eigenvalue weighted by Crippen LogP contribution is 2.13. The number of rotatable bonds is 1. The summed E-state index contributed by atoms with van der Waals surface area (Å²) in [5, 5.41) is 1.32. The van der Waals surface area contributed by atoms with Gasteiger partial charge in [0.05, 0.1) is 0 Å². The minimum absolute atomic E-state index is 0.990. The standard InChI is InChI=1S/C8H9.C4H8O.Al/c1-7-5-3-4-6-8(7)2;1-2-3-4-5;/h3-5H,1-2H3;1-4H2;/q;-1;+1. The van der Waals surface area contributed by atoms with Crippen LogP contribution in [0, 0.1) is 13.8 Å². The number of benzene rings is 1. The topological polar surface area (TPSA) is 9.23 Å². The Balaban J connectivity index is 2.26. The van der Waals surface area contributed by atoms with Crippen molar-refractivity contribution < 1.29 is 3.79 Å². The van der Waals surface area contributed by atoms with Gasteiger partial charge in [-0.05, 0) is 25.8 Å². The fraction of sp³-hybridized carbons (Fsp3) is 0.500. The van der Waals surface area contributed by atoms with Crippen molar-refractivity contribution in [1.29, 1.82) is 0 Å². The van der Waals surface area contributed by atoms with Crippen molar-refractivity contribution in [3.63, 3.8) is 0 Å². The molecule has 2 heteroatoms. The lowest BCUT2D eigenvalue weighted by atomic mass is 10.1. The highest BCUT2D eigenvalue weighted by molar-refractivity contribution is 6.68. The third kappa shape index (κ3) is 2.03. The first-order valence-electron chi connectivity index (χ1n) is 5.47. The van der Waals surface area contributed by atoms with E-state index in [4.69, 9.17) is 3.79 Å². The molecule has 2 rings (SSSR count). The van der Waals surface area contributed by atoms with Gasteiger partial charge in [0.2, 0.25) is 0 Å². The molecule has 1 fully saturated rings. The smallest absolute Gasteiger partial charge is 0.497 e. The van der Waals surface area contributed by atoms with E-state index in [-0.39, 0.29) is 0 Å². The van der Waals surface area contributed by atoms with Gasteiger partial charge >= 0.3 is 14.5 Å². The van der Waals surface area contributed by atoms with Crippen LogP contribution in [0.15, 0.2) is 18.2 Å². The molecule has 1 saturated heterocycles. The van der Waals surface area contributed by atoms with Crippen LogP contribution in [0.5, 0.6) is 0 Å². The summed E-state index contributed by atoms with van der Waals surface area (Å²) in [5.74, 6) is 0. The molecule has 1 aromatic rings. The molecule has 0 N–H and O–H groups in total. The molecule has 1 aliphatic rings. The molecule has 0 aromatic heterocycles. The first-order valence-corrected chi connectivity index (χ1v) is 7.33. The Bertz CT molecular complexity index is 316. The molecular weight excluding hydrogens is 187 g/mol. The second-order valence-corrected chi connectivity index (χ2v) is 6.65. The Morgan fingerprint density at radius 1 is 1.21 bits per heavy atom. The van der Waals surface area contributed by atoms with Gasteiger partial charge in [0.1, 0.15) is 0 Å². The van der Waals surface area contributed by atoms with E-state index in [2.05, 4.69) is 32.0 Å². The van der Waals surface area contributed by atoms with E-state index < -0.39 is 14.5 Å². The van der Waals surface area contributed by atoms with Gasteiger partial charge < -0.3 is 3.79 Å². The number of hydrogen-bond acceptors (Lipinski definition) is 1. The van der Waals surface area contributed by atoms with Gasteiger partial charge in [0.15, 0.2) is 0 Å². The fourth-order valence-electron chi connectivity index (χ4n) is 2.11. The SMILES string of the molecule is Cc1ccc[c]([Al]2[CH2]CCC[O]2)c1C. The van der Waals surface area contributed by atoms with Crippen LogP contribution in [-0.4, -0.2) is 21.1 Å². The summed E-state index contributed by atoms with van der Waals surface area (Å²) in [6.07, 6.45) is 2.62. The highest BCUT2D eigenvalue weighted by Gasteiger charge is 2.27. The number of aryl methyl sites for hydroxylation is 1. The molecule has 1 aromatic carbocycles. The van der Waals surface area contributed by atoms with E-state index in [0.717, 1.165) is 6.61 Å². The maximum atomic E-state index is 5.94. The Morgan fingerprint density at radius 2 is 2.07 bits per heavy atom. The first kappa shape index (κ1) is 10.2. The average molecular weight is 204 g/mol. The number of hydrogen-bond donors (Lipinski definition) is 0. The van der Waals surface area contributed by atoms with Gasteiger partial charge in [-0.2, -0.15) is 0 Å². The molecule has 0 spiro atoms. The monoisotopic (exact) mass is 204 g/mol. The van der Waals surface area contributed by atoms with E-state index in [1.54, 1.807) is 0 Å². The largest absolute Gasteiger partial charge is 0.502 e. The van der Waals surface area contributed by atoms with E-state index in [1.807, 2.05) is 0 Å². The molecule has 0 unspecified atom stereocenters. The van der Waals surface area contributed by atoms with Crippen molar-refractivity contribution in [2.75, 3.05) is 6.61 Å². The van der Waals surface area contributed by atoms with Gasteiger partial charge in [0, 0.05) is 6.61 Å². The average Bonchev–Trinajstić information content (AvgIpc) is 2.23. The zero-order valence-corrected chi connectivity index (χ0v) is 10.2. The Hall–Kier alpha value is -0.288. The maximum Gasteiger partial charge on any atom is 0.502 e. The van der Waals surface area contributed by atoms with Crippen LogP contribution in [-0.2, 0) is 3.79 Å². The van der Waals surface area contributed by atoms with Crippen molar-refractivity contribution in [2.45, 2.75) is 32.0 Å². The molecule has 14 heavy (non-hydrogen) atoms. The van der Waals surface area contributed by atoms with Crippen LogP contribution >= 0.6 is 0 Å². The van der Waals surface area contributed by atoms with Gasteiger partial charge in [-0.25, -0.2) is 0 Å². The second kappa shape index (κ2) is 4.49. The summed E-state index contributed by atoms with van der Waals surface area (Å²) in [6.45, 7) is 5.41. The Morgan fingerprint density at radius 3 is 2.79 bits per heavy atom. The molecule has 1 nitrogen and oxygen atoms in total. The van der Waals surface area contributed by atoms with Crippen LogP contribution in [0.25, 0.3) is 0 Å². The van der Waals surface area contributed by atoms with Gasteiger partial charge in [-0.3, -0.25) is 0 Å². The maximum absolute atomic E-state index is 5.94. The molecular formula is C12H17AlO. The van der Waals surface area contributed by atoms with Crippen molar-refractivity contribution in [3.8, 4) is 0 Å². The lowest BCUT2D eigenvalue weighted by molar-refractivity contribution is 0.294. The summed E-state index contributed by atoms with van der Waals surface area (Å²) in [7, 11) is 0. The van der Waals surface area contributed by atoms with Crippen molar-refractivity contribution in [1.82, 2.24) is 0 Å². The van der Waals surface area contributed by atoms with Crippen LogP contribution < -0.4 is 4.43 Å². The lowest BCUT2D eigenvalue weighted by Crippen LogP contribution is -2.38. The molecule has 0 saturated carbocycles. The highest BCUT2D eigenvalue weighted by atomic mass is 27.2. The van der Waals surface area contributed by atoms with Crippen LogP contribution in [0.3, 0.4) is 0 Å². The molecule has 74 valence electrons. The zero-order valence-electron chi connectivity index (χ0n) is 9.05. The van der Waals surface area contributed by atoms with Crippen LogP contribution in [0.1, 0.15) is 24.0 Å². The molecule has 0 bridgehead atoms. The Kier molecular flexibility index (Phi) is 3.28. The minimum atomic E-state index is -1.05. The van der Waals surface area contributed by atoms with Gasteiger partial charge in [-0.15, -0.1) is 0 Å². The minimum Gasteiger partial charge on any atom is -0.497 e. The summed E-state index contributed by atoms with van der Waals surface area (Å²) in [4.78, 5) is 0. The predicted molar refractivity (Wildman–Crippen MR) is 61.3 cm³/mol. The van der Waals surface area contributed by atoms with Crippen LogP contribution in [0.4, 0.5) is 0 Å². The van der Waals surface area contributed by atoms with E-state index in [1.165, 1.54) is 33.7 Å². The quantitative estimate of drug-likeness (QED) is 0.638. The normalized spacial score (nSPS) is 17.1. The van der Waals surface area contributed by atoms with E-state index in [9.17, 15) is 0 Å². The molecule has 1 heterocycles. The molecule has 0 aliphatic carbocycles. The Labute approximate surface area is 90.8 Å². The summed E-state index contributed by atoms with van der Waals surface area (Å²) < 4.78 is 7.47. The third-order valence-corrected chi connectivity index (χ3v) is 6.06. The molecule has 0 atom stereocenters. The molecule has 0 radical (unpaired) electrons. The summed E-state index contributed by atoms with van der Waals surface area (Å²) >= 11 is -1.05. The van der Waals surface area contributed by atoms with Crippen LogP contribution in [0.2, 0.25) is 5.28 Å². The van der Waals surface area contributed by atoms with Gasteiger partial charge in [-0.1, -0.05) is 39.9 Å². The molecule has 1 aliphatic heterocycles. The third-order valence-electron chi connectivity index (χ3n) is 3.17. The van der Waals surface area contributed by atoms with Gasteiger partial charge in [0.25, 0.3) is 0 Å². The zero-order chi connectivity index (χ0) is 9.97. The van der Waals surface area contributed by atoms with Crippen molar-refractivity contribution in [2.24, 2.45) is 0 Å². The van der Waals surface area contributed by atoms with Crippen molar-refractivity contribution >= 4 is 18.9 Å². The fourth-order valence-corrected chi connectivity index (χ4v) is 4.91.